The molecule has 1 unspecified atom stereocenters. The van der Waals surface area contributed by atoms with Gasteiger partial charge in [-0.3, -0.25) is 0 Å². The van der Waals surface area contributed by atoms with Gasteiger partial charge in [0.1, 0.15) is 5.50 Å². The highest BCUT2D eigenvalue weighted by Gasteiger charge is 2.11. The van der Waals surface area contributed by atoms with Crippen LogP contribution in [0.3, 0.4) is 0 Å². The van der Waals surface area contributed by atoms with Gasteiger partial charge in [0.15, 0.2) is 0 Å². The number of nitrogens with zero attached hydrogens (tertiary/aromatic N) is 1. The number of hydrogen-bond donors (Lipinski definition) is 0. The highest BCUT2D eigenvalue weighted by Crippen LogP contribution is 2.23. The van der Waals surface area contributed by atoms with E-state index in [9.17, 15) is 0 Å². The van der Waals surface area contributed by atoms with Crippen LogP contribution < -0.4 is 0 Å². The predicted octanol–water partition coefficient (Wildman–Crippen LogP) is 1.66. The van der Waals surface area contributed by atoms with Crippen molar-refractivity contribution < 1.29 is 0 Å². The topological polar surface area (TPSA) is 3.24 Å². The quantitative estimate of drug-likeness (QED) is 0.282. The van der Waals surface area contributed by atoms with Crippen LogP contribution in [-0.2, 0) is 0 Å². The summed E-state index contributed by atoms with van der Waals surface area (Å²) in [7, 11) is 1.96. The maximum atomic E-state index is 5.68. The minimum absolute atomic E-state index is 0.102. The van der Waals surface area contributed by atoms with E-state index in [4.69, 9.17) is 11.6 Å². The van der Waals surface area contributed by atoms with E-state index in [0.29, 0.717) is 0 Å². The first-order chi connectivity index (χ1) is 3.30. The fourth-order valence-corrected chi connectivity index (χ4v) is 1.27. The lowest BCUT2D eigenvalue weighted by molar-refractivity contribution is 0.604. The van der Waals surface area contributed by atoms with Gasteiger partial charge in [-0.25, -0.2) is 4.31 Å². The molecule has 40 valence electrons. The van der Waals surface area contributed by atoms with Gasteiger partial charge in [0.2, 0.25) is 0 Å². The fourth-order valence-electron chi connectivity index (χ4n) is 0.375. The molecule has 0 bridgehead atoms. The first-order valence-corrected chi connectivity index (χ1v) is 3.28. The number of likely N-dealkylation sites (N-methyl/N-ethyl adjacent to an activating group) is 1. The molecule has 1 atom stereocenters. The molecule has 1 aliphatic rings. The Kier molecular flexibility index (Phi) is 1.62. The first-order valence-electron chi connectivity index (χ1n) is 2.01. The fraction of sp³-hybridized carbons (Fsp3) is 0.500. The summed E-state index contributed by atoms with van der Waals surface area (Å²) in [6.45, 7) is 0. The molecule has 0 amide bonds. The van der Waals surface area contributed by atoms with Crippen LogP contribution in [0.25, 0.3) is 0 Å². The summed E-state index contributed by atoms with van der Waals surface area (Å²) in [5.41, 5.74) is 0.102. The number of halogens is 1. The maximum Gasteiger partial charge on any atom is 0.113 e. The van der Waals surface area contributed by atoms with Crippen molar-refractivity contribution in [3.05, 3.63) is 11.5 Å². The molecule has 1 heterocycles. The molecule has 0 spiro atoms. The van der Waals surface area contributed by atoms with Crippen molar-refractivity contribution in [3.63, 3.8) is 0 Å². The van der Waals surface area contributed by atoms with E-state index < -0.39 is 0 Å². The summed E-state index contributed by atoms with van der Waals surface area (Å²) in [4.78, 5) is 0. The molecule has 0 fully saturated rings. The summed E-state index contributed by atoms with van der Waals surface area (Å²) in [5, 5.41) is 1.98. The minimum Gasteiger partial charge on any atom is -0.229 e. The molecule has 1 rings (SSSR count). The van der Waals surface area contributed by atoms with E-state index in [1.54, 1.807) is 11.9 Å². The molecular weight excluding hydrogens is 130 g/mol. The Morgan fingerprint density at radius 3 is 2.71 bits per heavy atom. The van der Waals surface area contributed by atoms with E-state index in [0.717, 1.165) is 0 Å². The summed E-state index contributed by atoms with van der Waals surface area (Å²) < 4.78 is 1.97. The van der Waals surface area contributed by atoms with Gasteiger partial charge >= 0.3 is 0 Å². The van der Waals surface area contributed by atoms with Crippen LogP contribution in [0, 0.1) is 0 Å². The van der Waals surface area contributed by atoms with Crippen molar-refractivity contribution in [1.82, 2.24) is 4.31 Å². The molecule has 0 saturated carbocycles. The molecule has 3 heteroatoms. The SMILES string of the molecule is CN1SC=CC1Cl. The molecule has 0 saturated heterocycles. The Hall–Kier alpha value is 0.340. The summed E-state index contributed by atoms with van der Waals surface area (Å²) >= 11 is 7.31. The Bertz CT molecular complexity index is 93.7. The highest BCUT2D eigenvalue weighted by molar-refractivity contribution is 8.00. The Morgan fingerprint density at radius 1 is 1.86 bits per heavy atom. The lowest BCUT2D eigenvalue weighted by Gasteiger charge is -2.08. The molecule has 0 aromatic carbocycles. The lowest BCUT2D eigenvalue weighted by atomic mass is 10.6. The molecule has 0 aromatic rings. The highest BCUT2D eigenvalue weighted by atomic mass is 35.5. The van der Waals surface area contributed by atoms with Gasteiger partial charge in [-0.1, -0.05) is 0 Å². The third kappa shape index (κ3) is 1.12. The molecule has 0 aromatic heterocycles. The molecule has 7 heavy (non-hydrogen) atoms. The third-order valence-corrected chi connectivity index (χ3v) is 2.20. The Morgan fingerprint density at radius 2 is 2.57 bits per heavy atom. The Labute approximate surface area is 52.5 Å². The van der Waals surface area contributed by atoms with Crippen LogP contribution >= 0.6 is 23.5 Å². The van der Waals surface area contributed by atoms with Crippen LogP contribution in [-0.4, -0.2) is 16.9 Å². The van der Waals surface area contributed by atoms with Crippen LogP contribution in [0.5, 0.6) is 0 Å². The summed E-state index contributed by atoms with van der Waals surface area (Å²) in [6, 6.07) is 0. The molecule has 1 nitrogen and oxygen atoms in total. The molecular formula is C4H6ClNS. The van der Waals surface area contributed by atoms with Crippen molar-refractivity contribution in [2.24, 2.45) is 0 Å². The lowest BCUT2D eigenvalue weighted by Crippen LogP contribution is -2.11. The van der Waals surface area contributed by atoms with Crippen LogP contribution in [0.15, 0.2) is 11.5 Å². The van der Waals surface area contributed by atoms with Crippen molar-refractivity contribution in [1.29, 1.82) is 0 Å². The van der Waals surface area contributed by atoms with E-state index in [1.165, 1.54) is 0 Å². The zero-order chi connectivity index (χ0) is 5.28. The van der Waals surface area contributed by atoms with E-state index in [1.807, 2.05) is 22.8 Å². The summed E-state index contributed by atoms with van der Waals surface area (Å²) in [6.07, 6.45) is 1.95. The number of hydrogen-bond acceptors (Lipinski definition) is 2. The van der Waals surface area contributed by atoms with Gasteiger partial charge < -0.3 is 0 Å². The molecule has 0 radical (unpaired) electrons. The van der Waals surface area contributed by atoms with Gasteiger partial charge in [-0.05, 0) is 30.5 Å². The van der Waals surface area contributed by atoms with Gasteiger partial charge in [0, 0.05) is 0 Å². The van der Waals surface area contributed by atoms with Crippen LogP contribution in [0.1, 0.15) is 0 Å². The minimum atomic E-state index is 0.102. The predicted molar refractivity (Wildman–Crippen MR) is 34.1 cm³/mol. The van der Waals surface area contributed by atoms with Gasteiger partial charge in [-0.15, -0.1) is 11.6 Å². The number of rotatable bonds is 0. The van der Waals surface area contributed by atoms with Gasteiger partial charge in [0.05, 0.1) is 0 Å². The van der Waals surface area contributed by atoms with Crippen molar-refractivity contribution in [3.8, 4) is 0 Å². The third-order valence-electron chi connectivity index (χ3n) is 0.812. The average molecular weight is 136 g/mol. The first kappa shape index (κ1) is 5.48. The molecule has 1 aliphatic heterocycles. The average Bonchev–Trinajstić information content (AvgIpc) is 1.91. The van der Waals surface area contributed by atoms with E-state index in [-0.39, 0.29) is 5.50 Å². The van der Waals surface area contributed by atoms with E-state index in [2.05, 4.69) is 0 Å². The second kappa shape index (κ2) is 2.07. The number of alkyl halides is 1. The second-order valence-corrected chi connectivity index (χ2v) is 2.86. The van der Waals surface area contributed by atoms with Gasteiger partial charge in [-0.2, -0.15) is 0 Å². The molecule has 0 N–H and O–H groups in total. The van der Waals surface area contributed by atoms with Crippen molar-refractivity contribution >= 4 is 23.5 Å². The van der Waals surface area contributed by atoms with Gasteiger partial charge in [0.25, 0.3) is 0 Å². The normalized spacial score (nSPS) is 32.0. The Balaban J connectivity index is 2.45. The van der Waals surface area contributed by atoms with Crippen molar-refractivity contribution in [2.45, 2.75) is 5.50 Å². The maximum absolute atomic E-state index is 5.68. The zero-order valence-corrected chi connectivity index (χ0v) is 5.54. The summed E-state index contributed by atoms with van der Waals surface area (Å²) in [5.74, 6) is 0. The monoisotopic (exact) mass is 135 g/mol. The molecule has 0 aliphatic carbocycles. The standard InChI is InChI=1S/C4H6ClNS/c1-6-4(5)2-3-7-6/h2-4H,1H3. The second-order valence-electron chi connectivity index (χ2n) is 1.35. The largest absolute Gasteiger partial charge is 0.229 e. The smallest absolute Gasteiger partial charge is 0.113 e. The van der Waals surface area contributed by atoms with Crippen LogP contribution in [0.2, 0.25) is 0 Å². The zero-order valence-electron chi connectivity index (χ0n) is 3.97. The van der Waals surface area contributed by atoms with Crippen molar-refractivity contribution in [2.75, 3.05) is 7.05 Å². The van der Waals surface area contributed by atoms with E-state index >= 15 is 0 Å². The van der Waals surface area contributed by atoms with Crippen LogP contribution in [0.4, 0.5) is 0 Å².